The second-order valence-corrected chi connectivity index (χ2v) is 11.0. The Morgan fingerprint density at radius 2 is 1.26 bits per heavy atom. The molecule has 0 aromatic rings. The molecule has 0 fully saturated rings. The van der Waals surface area contributed by atoms with Crippen molar-refractivity contribution in [2.75, 3.05) is 6.61 Å². The number of hydrogen-bond acceptors (Lipinski definition) is 4. The van der Waals surface area contributed by atoms with Gasteiger partial charge in [0.1, 0.15) is 0 Å². The van der Waals surface area contributed by atoms with Crippen molar-refractivity contribution in [3.05, 3.63) is 85.1 Å². The van der Waals surface area contributed by atoms with Crippen LogP contribution in [0.15, 0.2) is 85.1 Å². The average molecular weight is 598 g/mol. The maximum absolute atomic E-state index is 12.3. The van der Waals surface area contributed by atoms with Gasteiger partial charge in [-0.15, -0.1) is 0 Å². The molecule has 3 atom stereocenters. The van der Waals surface area contributed by atoms with Crippen molar-refractivity contribution in [3.8, 4) is 0 Å². The van der Waals surface area contributed by atoms with Crippen molar-refractivity contribution in [2.45, 2.75) is 141 Å². The first-order valence-electron chi connectivity index (χ1n) is 16.9. The monoisotopic (exact) mass is 597 g/mol. The molecule has 1 unspecified atom stereocenters. The van der Waals surface area contributed by atoms with Gasteiger partial charge in [-0.2, -0.15) is 0 Å². The van der Waals surface area contributed by atoms with Gasteiger partial charge in [0.15, 0.2) is 0 Å². The summed E-state index contributed by atoms with van der Waals surface area (Å²) >= 11 is 0. The number of aliphatic hydroxyl groups excluding tert-OH is 3. The van der Waals surface area contributed by atoms with E-state index < -0.39 is 18.2 Å². The van der Waals surface area contributed by atoms with Crippen LogP contribution in [0.4, 0.5) is 0 Å². The van der Waals surface area contributed by atoms with Gasteiger partial charge in [0.2, 0.25) is 5.91 Å². The van der Waals surface area contributed by atoms with E-state index in [0.717, 1.165) is 38.5 Å². The molecule has 0 saturated carbocycles. The molecule has 1 amide bonds. The largest absolute Gasteiger partial charge is 0.394 e. The highest BCUT2D eigenvalue weighted by Crippen LogP contribution is 2.10. The van der Waals surface area contributed by atoms with E-state index >= 15 is 0 Å². The van der Waals surface area contributed by atoms with E-state index in [9.17, 15) is 20.1 Å². The zero-order valence-electron chi connectivity index (χ0n) is 27.3. The third kappa shape index (κ3) is 29.4. The first kappa shape index (κ1) is 40.5. The predicted octanol–water partition coefficient (Wildman–Crippen LogP) is 8.75. The van der Waals surface area contributed by atoms with Crippen LogP contribution in [-0.4, -0.2) is 46.1 Å². The molecule has 5 heteroatoms. The fourth-order valence-electron chi connectivity index (χ4n) is 4.30. The Morgan fingerprint density at radius 3 is 1.98 bits per heavy atom. The number of allylic oxidation sites excluding steroid dienone is 11. The quantitative estimate of drug-likeness (QED) is 0.0412. The van der Waals surface area contributed by atoms with Crippen LogP contribution in [0.5, 0.6) is 0 Å². The standard InChI is InChI=1S/C38H63NO4/c1-3-5-7-9-11-12-13-14-15-16-20-24-28-32-37(42)36(34-40)39-38(43)33-29-25-21-18-17-19-23-27-31-35(41)30-26-22-10-8-6-4-2/h6-9,18-19,21-23,26-28,31-32,35-37,40-42H,3-5,10-17,20,24-25,29-30,33-34H2,1-2H3,(H,39,43)/b8-6-,9-7-,21-18-,23-19-,26-22-,31-27+,32-28+/t35?,36-,37+/m0/s1. The fraction of sp³-hybridized carbons (Fsp3) is 0.605. The summed E-state index contributed by atoms with van der Waals surface area (Å²) < 4.78 is 0. The molecule has 5 nitrogen and oxygen atoms in total. The summed E-state index contributed by atoms with van der Waals surface area (Å²) in [5.74, 6) is -0.156. The fourth-order valence-corrected chi connectivity index (χ4v) is 4.30. The van der Waals surface area contributed by atoms with Crippen LogP contribution in [0, 0.1) is 0 Å². The maximum atomic E-state index is 12.3. The first-order chi connectivity index (χ1) is 21.0. The van der Waals surface area contributed by atoms with E-state index in [-0.39, 0.29) is 12.5 Å². The topological polar surface area (TPSA) is 89.8 Å². The average Bonchev–Trinajstić information content (AvgIpc) is 3.00. The highest BCUT2D eigenvalue weighted by Gasteiger charge is 2.17. The molecule has 0 radical (unpaired) electrons. The third-order valence-electron chi connectivity index (χ3n) is 6.91. The van der Waals surface area contributed by atoms with Gasteiger partial charge in [-0.05, 0) is 70.6 Å². The minimum atomic E-state index is -0.888. The molecule has 0 rings (SSSR count). The van der Waals surface area contributed by atoms with Gasteiger partial charge in [0.05, 0.1) is 24.9 Å². The van der Waals surface area contributed by atoms with E-state index in [1.807, 2.05) is 30.4 Å². The summed E-state index contributed by atoms with van der Waals surface area (Å²) in [5.41, 5.74) is 0. The molecular formula is C38H63NO4. The summed E-state index contributed by atoms with van der Waals surface area (Å²) in [6.45, 7) is 4.02. The van der Waals surface area contributed by atoms with Crippen LogP contribution in [0.3, 0.4) is 0 Å². The number of nitrogens with one attached hydrogen (secondary N) is 1. The zero-order chi connectivity index (χ0) is 31.6. The zero-order valence-corrected chi connectivity index (χ0v) is 27.3. The minimum absolute atomic E-state index is 0.156. The molecule has 0 bridgehead atoms. The van der Waals surface area contributed by atoms with Gasteiger partial charge >= 0.3 is 0 Å². The molecule has 0 aliphatic rings. The summed E-state index contributed by atoms with van der Waals surface area (Å²) in [5, 5.41) is 32.7. The number of rotatable bonds is 28. The molecule has 0 aliphatic heterocycles. The Balaban J connectivity index is 3.92. The molecule has 0 spiro atoms. The molecule has 0 saturated heterocycles. The Labute approximate surface area is 264 Å². The summed E-state index contributed by atoms with van der Waals surface area (Å²) in [4.78, 5) is 12.3. The summed E-state index contributed by atoms with van der Waals surface area (Å²) in [6, 6.07) is -0.679. The maximum Gasteiger partial charge on any atom is 0.220 e. The van der Waals surface area contributed by atoms with Gasteiger partial charge in [-0.25, -0.2) is 0 Å². The highest BCUT2D eigenvalue weighted by molar-refractivity contribution is 5.76. The van der Waals surface area contributed by atoms with Gasteiger partial charge in [0, 0.05) is 6.42 Å². The van der Waals surface area contributed by atoms with Crippen LogP contribution in [0.2, 0.25) is 0 Å². The molecule has 0 heterocycles. The highest BCUT2D eigenvalue weighted by atomic mass is 16.3. The lowest BCUT2D eigenvalue weighted by Crippen LogP contribution is -2.45. The first-order valence-corrected chi connectivity index (χ1v) is 16.9. The molecule has 0 aromatic heterocycles. The molecule has 43 heavy (non-hydrogen) atoms. The van der Waals surface area contributed by atoms with E-state index in [0.29, 0.717) is 19.3 Å². The van der Waals surface area contributed by atoms with Crippen molar-refractivity contribution in [3.63, 3.8) is 0 Å². The lowest BCUT2D eigenvalue weighted by Gasteiger charge is -2.19. The van der Waals surface area contributed by atoms with Crippen molar-refractivity contribution in [2.24, 2.45) is 0 Å². The van der Waals surface area contributed by atoms with Crippen molar-refractivity contribution < 1.29 is 20.1 Å². The SMILES string of the molecule is CC/C=C\C/C=C\CC(O)/C=C/C=C\C/C=C\CCCC(=O)N[C@@H](CO)[C@H](O)/C=C/CCCCCCCC/C=C\CCC. The smallest absolute Gasteiger partial charge is 0.220 e. The Hall–Kier alpha value is -2.47. The minimum Gasteiger partial charge on any atom is -0.394 e. The van der Waals surface area contributed by atoms with E-state index in [1.54, 1.807) is 12.2 Å². The number of aliphatic hydroxyl groups is 3. The van der Waals surface area contributed by atoms with E-state index in [4.69, 9.17) is 0 Å². The number of unbranched alkanes of at least 4 members (excludes halogenated alkanes) is 9. The lowest BCUT2D eigenvalue weighted by atomic mass is 10.1. The summed E-state index contributed by atoms with van der Waals surface area (Å²) in [7, 11) is 0. The number of carbonyl (C=O) groups is 1. The number of amides is 1. The van der Waals surface area contributed by atoms with Gasteiger partial charge in [-0.1, -0.05) is 131 Å². The summed E-state index contributed by atoms with van der Waals surface area (Å²) in [6.07, 6.45) is 44.0. The van der Waals surface area contributed by atoms with Crippen LogP contribution < -0.4 is 5.32 Å². The number of hydrogen-bond donors (Lipinski definition) is 4. The van der Waals surface area contributed by atoms with Crippen LogP contribution in [-0.2, 0) is 4.79 Å². The Bertz CT molecular complexity index is 837. The molecule has 0 aromatic carbocycles. The Kier molecular flexibility index (Phi) is 30.6. The van der Waals surface area contributed by atoms with E-state index in [2.05, 4.69) is 61.7 Å². The van der Waals surface area contributed by atoms with Crippen molar-refractivity contribution >= 4 is 5.91 Å². The predicted molar refractivity (Wildman–Crippen MR) is 185 cm³/mol. The van der Waals surface area contributed by atoms with Crippen molar-refractivity contribution in [1.82, 2.24) is 5.32 Å². The van der Waals surface area contributed by atoms with Gasteiger partial charge < -0.3 is 20.6 Å². The Morgan fingerprint density at radius 1 is 0.651 bits per heavy atom. The molecule has 244 valence electrons. The van der Waals surface area contributed by atoms with Crippen LogP contribution >= 0.6 is 0 Å². The van der Waals surface area contributed by atoms with Crippen molar-refractivity contribution in [1.29, 1.82) is 0 Å². The lowest BCUT2D eigenvalue weighted by molar-refractivity contribution is -0.122. The third-order valence-corrected chi connectivity index (χ3v) is 6.91. The number of carbonyl (C=O) groups excluding carboxylic acids is 1. The second kappa shape index (κ2) is 32.4. The molecule has 0 aliphatic carbocycles. The normalized spacial score (nSPS) is 15.0. The molecular weight excluding hydrogens is 534 g/mol. The van der Waals surface area contributed by atoms with Gasteiger partial charge in [0.25, 0.3) is 0 Å². The van der Waals surface area contributed by atoms with Gasteiger partial charge in [-0.3, -0.25) is 4.79 Å². The second-order valence-electron chi connectivity index (χ2n) is 11.0. The van der Waals surface area contributed by atoms with Crippen LogP contribution in [0.1, 0.15) is 123 Å². The van der Waals surface area contributed by atoms with E-state index in [1.165, 1.54) is 51.4 Å². The van der Waals surface area contributed by atoms with Crippen LogP contribution in [0.25, 0.3) is 0 Å². The molecule has 4 N–H and O–H groups in total.